The highest BCUT2D eigenvalue weighted by Gasteiger charge is 2.11. The maximum atomic E-state index is 5.91. The lowest BCUT2D eigenvalue weighted by molar-refractivity contribution is 1.15. The smallest absolute Gasteiger partial charge is 0.148 e. The van der Waals surface area contributed by atoms with Gasteiger partial charge in [0, 0.05) is 0 Å². The van der Waals surface area contributed by atoms with Gasteiger partial charge in [-0.15, -0.1) is 11.3 Å². The van der Waals surface area contributed by atoms with Gasteiger partial charge in [-0.25, -0.2) is 4.98 Å². The van der Waals surface area contributed by atoms with Crippen molar-refractivity contribution in [2.75, 3.05) is 5.73 Å². The molecule has 0 bridgehead atoms. The van der Waals surface area contributed by atoms with Crippen LogP contribution in [0.15, 0.2) is 29.6 Å². The second-order valence-corrected chi connectivity index (χ2v) is 4.87. The van der Waals surface area contributed by atoms with Crippen molar-refractivity contribution < 1.29 is 0 Å². The highest BCUT2D eigenvalue weighted by atomic mass is 32.1. The molecule has 0 saturated carbocycles. The number of aromatic nitrogens is 2. The van der Waals surface area contributed by atoms with Crippen molar-refractivity contribution in [3.8, 4) is 10.7 Å². The van der Waals surface area contributed by atoms with Gasteiger partial charge in [-0.1, -0.05) is 13.0 Å². The lowest BCUT2D eigenvalue weighted by atomic mass is 10.2. The fourth-order valence-corrected chi connectivity index (χ4v) is 2.92. The van der Waals surface area contributed by atoms with Crippen LogP contribution in [0.2, 0.25) is 0 Å². The minimum atomic E-state index is 0.722. The maximum absolute atomic E-state index is 5.91. The van der Waals surface area contributed by atoms with Gasteiger partial charge in [0.2, 0.25) is 0 Å². The Balaban J connectivity index is 2.22. The van der Waals surface area contributed by atoms with Gasteiger partial charge >= 0.3 is 0 Å². The van der Waals surface area contributed by atoms with Gasteiger partial charge in [0.15, 0.2) is 0 Å². The number of imidazole rings is 1. The third-order valence-electron chi connectivity index (χ3n) is 2.89. The molecule has 0 amide bonds. The van der Waals surface area contributed by atoms with Gasteiger partial charge in [-0.2, -0.15) is 0 Å². The van der Waals surface area contributed by atoms with E-state index >= 15 is 0 Å². The molecule has 0 aliphatic carbocycles. The van der Waals surface area contributed by atoms with E-state index in [2.05, 4.69) is 28.3 Å². The van der Waals surface area contributed by atoms with Gasteiger partial charge in [0.25, 0.3) is 0 Å². The number of aryl methyl sites for hydroxylation is 1. The standard InChI is InChI=1S/C13H13N3S/c1-2-8-6-7-17-12(8)13-15-10-5-3-4-9(14)11(10)16-13/h3-7H,2,14H2,1H3,(H,15,16). The molecule has 0 atom stereocenters. The fraction of sp³-hybridized carbons (Fsp3) is 0.154. The number of nitrogen functional groups attached to an aromatic ring is 1. The Labute approximate surface area is 103 Å². The number of fused-ring (bicyclic) bond motifs is 1. The highest BCUT2D eigenvalue weighted by molar-refractivity contribution is 7.13. The summed E-state index contributed by atoms with van der Waals surface area (Å²) in [5, 5.41) is 2.10. The van der Waals surface area contributed by atoms with Crippen LogP contribution in [0.1, 0.15) is 12.5 Å². The number of thiophene rings is 1. The SMILES string of the molecule is CCc1ccsc1-c1nc2c(N)cccc2[nH]1. The topological polar surface area (TPSA) is 54.7 Å². The van der Waals surface area contributed by atoms with Crippen molar-refractivity contribution in [2.45, 2.75) is 13.3 Å². The van der Waals surface area contributed by atoms with Gasteiger partial charge < -0.3 is 10.7 Å². The number of hydrogen-bond acceptors (Lipinski definition) is 3. The summed E-state index contributed by atoms with van der Waals surface area (Å²) < 4.78 is 0. The van der Waals surface area contributed by atoms with E-state index in [4.69, 9.17) is 5.73 Å². The monoisotopic (exact) mass is 243 g/mol. The number of para-hydroxylation sites is 1. The molecule has 0 aliphatic rings. The van der Waals surface area contributed by atoms with E-state index in [1.54, 1.807) is 11.3 Å². The van der Waals surface area contributed by atoms with E-state index in [0.29, 0.717) is 0 Å². The summed E-state index contributed by atoms with van der Waals surface area (Å²) in [6.07, 6.45) is 1.02. The maximum Gasteiger partial charge on any atom is 0.148 e. The summed E-state index contributed by atoms with van der Waals surface area (Å²) in [7, 11) is 0. The average molecular weight is 243 g/mol. The molecule has 0 aliphatic heterocycles. The van der Waals surface area contributed by atoms with Crippen molar-refractivity contribution in [2.24, 2.45) is 0 Å². The quantitative estimate of drug-likeness (QED) is 0.677. The molecule has 0 radical (unpaired) electrons. The molecule has 2 aromatic heterocycles. The number of hydrogen-bond donors (Lipinski definition) is 2. The Hall–Kier alpha value is -1.81. The van der Waals surface area contributed by atoms with E-state index in [1.807, 2.05) is 18.2 Å². The third kappa shape index (κ3) is 1.61. The largest absolute Gasteiger partial charge is 0.397 e. The molecule has 3 nitrogen and oxygen atoms in total. The van der Waals surface area contributed by atoms with E-state index in [-0.39, 0.29) is 0 Å². The predicted octanol–water partition coefficient (Wildman–Crippen LogP) is 3.44. The molecular formula is C13H13N3S. The number of rotatable bonds is 2. The third-order valence-corrected chi connectivity index (χ3v) is 3.85. The molecular weight excluding hydrogens is 230 g/mol. The van der Waals surface area contributed by atoms with Gasteiger partial charge in [0.05, 0.1) is 16.1 Å². The zero-order chi connectivity index (χ0) is 11.8. The zero-order valence-corrected chi connectivity index (χ0v) is 10.3. The molecule has 0 spiro atoms. The predicted molar refractivity (Wildman–Crippen MR) is 73.2 cm³/mol. The first kappa shape index (κ1) is 10.4. The van der Waals surface area contributed by atoms with Crippen LogP contribution in [-0.4, -0.2) is 9.97 Å². The second kappa shape index (κ2) is 3.89. The number of nitrogens with one attached hydrogen (secondary N) is 1. The first-order valence-electron chi connectivity index (χ1n) is 5.60. The average Bonchev–Trinajstić information content (AvgIpc) is 2.94. The summed E-state index contributed by atoms with van der Waals surface area (Å²) >= 11 is 1.71. The summed E-state index contributed by atoms with van der Waals surface area (Å²) in [5.74, 6) is 0.921. The molecule has 0 unspecified atom stereocenters. The lowest BCUT2D eigenvalue weighted by Gasteiger charge is -1.95. The van der Waals surface area contributed by atoms with Crippen LogP contribution in [-0.2, 0) is 6.42 Å². The molecule has 0 fully saturated rings. The van der Waals surface area contributed by atoms with Crippen LogP contribution in [0.3, 0.4) is 0 Å². The molecule has 3 N–H and O–H groups in total. The van der Waals surface area contributed by atoms with Crippen LogP contribution in [0.25, 0.3) is 21.7 Å². The lowest BCUT2D eigenvalue weighted by Crippen LogP contribution is -1.85. The minimum absolute atomic E-state index is 0.722. The van der Waals surface area contributed by atoms with E-state index in [0.717, 1.165) is 29.0 Å². The number of nitrogens with two attached hydrogens (primary N) is 1. The van der Waals surface area contributed by atoms with Crippen molar-refractivity contribution in [3.05, 3.63) is 35.2 Å². The van der Waals surface area contributed by atoms with Crippen molar-refractivity contribution in [1.82, 2.24) is 9.97 Å². The Morgan fingerprint density at radius 1 is 1.35 bits per heavy atom. The fourth-order valence-electron chi connectivity index (χ4n) is 1.98. The first-order valence-corrected chi connectivity index (χ1v) is 6.48. The number of H-pyrrole nitrogens is 1. The summed E-state index contributed by atoms with van der Waals surface area (Å²) in [6, 6.07) is 7.97. The number of benzene rings is 1. The summed E-state index contributed by atoms with van der Waals surface area (Å²) in [4.78, 5) is 9.14. The molecule has 1 aromatic carbocycles. The van der Waals surface area contributed by atoms with Crippen LogP contribution in [0.5, 0.6) is 0 Å². The van der Waals surface area contributed by atoms with Gasteiger partial charge in [0.1, 0.15) is 11.3 Å². The molecule has 3 aromatic rings. The first-order chi connectivity index (χ1) is 8.29. The Kier molecular flexibility index (Phi) is 2.37. The van der Waals surface area contributed by atoms with Gasteiger partial charge in [-0.3, -0.25) is 0 Å². The Morgan fingerprint density at radius 2 is 2.24 bits per heavy atom. The second-order valence-electron chi connectivity index (χ2n) is 3.96. The van der Waals surface area contributed by atoms with Crippen molar-refractivity contribution in [3.63, 3.8) is 0 Å². The van der Waals surface area contributed by atoms with Crippen LogP contribution < -0.4 is 5.73 Å². The van der Waals surface area contributed by atoms with Gasteiger partial charge in [-0.05, 0) is 35.6 Å². The zero-order valence-electron chi connectivity index (χ0n) is 9.53. The number of nitrogens with zero attached hydrogens (tertiary/aromatic N) is 1. The minimum Gasteiger partial charge on any atom is -0.397 e. The van der Waals surface area contributed by atoms with E-state index in [1.165, 1.54) is 10.4 Å². The highest BCUT2D eigenvalue weighted by Crippen LogP contribution is 2.30. The van der Waals surface area contributed by atoms with Crippen LogP contribution >= 0.6 is 11.3 Å². The normalized spacial score (nSPS) is 11.1. The van der Waals surface area contributed by atoms with Crippen molar-refractivity contribution in [1.29, 1.82) is 0 Å². The van der Waals surface area contributed by atoms with Crippen LogP contribution in [0, 0.1) is 0 Å². The van der Waals surface area contributed by atoms with Crippen LogP contribution in [0.4, 0.5) is 5.69 Å². The molecule has 0 saturated heterocycles. The summed E-state index contributed by atoms with van der Waals surface area (Å²) in [5.41, 5.74) is 9.82. The van der Waals surface area contributed by atoms with E-state index < -0.39 is 0 Å². The molecule has 4 heteroatoms. The Bertz CT molecular complexity index is 666. The van der Waals surface area contributed by atoms with E-state index in [9.17, 15) is 0 Å². The molecule has 2 heterocycles. The number of anilines is 1. The molecule has 86 valence electrons. The molecule has 3 rings (SSSR count). The molecule has 17 heavy (non-hydrogen) atoms. The van der Waals surface area contributed by atoms with Crippen molar-refractivity contribution >= 4 is 28.1 Å². The number of aromatic amines is 1. The Morgan fingerprint density at radius 3 is 3.00 bits per heavy atom. The summed E-state index contributed by atoms with van der Waals surface area (Å²) in [6.45, 7) is 2.16.